The number of nitrogens with one attached hydrogen (secondary N) is 1. The molecule has 0 aliphatic carbocycles. The monoisotopic (exact) mass is 294 g/mol. The van der Waals surface area contributed by atoms with Crippen molar-refractivity contribution in [3.63, 3.8) is 0 Å². The zero-order valence-corrected chi connectivity index (χ0v) is 12.9. The maximum atomic E-state index is 6.38. The third-order valence-corrected chi connectivity index (χ3v) is 4.63. The minimum Gasteiger partial charge on any atom is -0.360 e. The number of thiazole rings is 1. The first kappa shape index (κ1) is 14.4. The summed E-state index contributed by atoms with van der Waals surface area (Å²) in [6, 6.07) is 10.1. The predicted molar refractivity (Wildman–Crippen MR) is 84.4 cm³/mol. The number of aromatic nitrogens is 1. The molecule has 1 N–H and O–H groups in total. The average Bonchev–Trinajstić information content (AvgIpc) is 2.88. The molecule has 1 heterocycles. The number of alkyl halides is 1. The second-order valence-electron chi connectivity index (χ2n) is 4.36. The molecule has 19 heavy (non-hydrogen) atoms. The fourth-order valence-corrected chi connectivity index (χ4v) is 3.19. The number of hydrogen-bond acceptors (Lipinski definition) is 3. The van der Waals surface area contributed by atoms with Gasteiger partial charge in [-0.25, -0.2) is 4.98 Å². The predicted octanol–water partition coefficient (Wildman–Crippen LogP) is 4.66. The van der Waals surface area contributed by atoms with E-state index < -0.39 is 0 Å². The van der Waals surface area contributed by atoms with Gasteiger partial charge in [-0.2, -0.15) is 0 Å². The molecule has 4 heteroatoms. The van der Waals surface area contributed by atoms with Crippen LogP contribution in [0.15, 0.2) is 30.3 Å². The van der Waals surface area contributed by atoms with E-state index in [0.717, 1.165) is 23.5 Å². The summed E-state index contributed by atoms with van der Waals surface area (Å²) in [5, 5.41) is 4.30. The lowest BCUT2D eigenvalue weighted by molar-refractivity contribution is 0.961. The van der Waals surface area contributed by atoms with E-state index in [4.69, 9.17) is 11.6 Å². The molecule has 1 aromatic carbocycles. The summed E-state index contributed by atoms with van der Waals surface area (Å²) < 4.78 is 0. The van der Waals surface area contributed by atoms with Crippen molar-refractivity contribution in [3.8, 4) is 0 Å². The third kappa shape index (κ3) is 3.71. The van der Waals surface area contributed by atoms with Crippen LogP contribution in [0.3, 0.4) is 0 Å². The molecule has 0 amide bonds. The molecule has 1 aromatic heterocycles. The van der Waals surface area contributed by atoms with Crippen molar-refractivity contribution < 1.29 is 0 Å². The fraction of sp³-hybridized carbons (Fsp3) is 0.400. The number of halogens is 1. The van der Waals surface area contributed by atoms with Crippen molar-refractivity contribution in [2.45, 2.75) is 32.1 Å². The van der Waals surface area contributed by atoms with Crippen LogP contribution in [0.2, 0.25) is 0 Å². The maximum Gasteiger partial charge on any atom is 0.183 e. The summed E-state index contributed by atoms with van der Waals surface area (Å²) in [5.74, 6) is 0. The second kappa shape index (κ2) is 6.92. The normalized spacial score (nSPS) is 12.4. The van der Waals surface area contributed by atoms with Crippen molar-refractivity contribution in [1.82, 2.24) is 4.98 Å². The summed E-state index contributed by atoms with van der Waals surface area (Å²) in [7, 11) is 0. The standard InChI is InChI=1S/C15H19ClN2S/c1-3-13-14(4-2)19-15(18-13)17-10-12(16)11-8-6-5-7-9-11/h5-9,12H,3-4,10H2,1-2H3,(H,17,18). The van der Waals surface area contributed by atoms with Crippen LogP contribution in [0.5, 0.6) is 0 Å². The number of benzene rings is 1. The van der Waals surface area contributed by atoms with Crippen LogP contribution in [-0.4, -0.2) is 11.5 Å². The molecule has 0 spiro atoms. The molecule has 2 nitrogen and oxygen atoms in total. The SMILES string of the molecule is CCc1nc(NCC(Cl)c2ccccc2)sc1CC. The van der Waals surface area contributed by atoms with Crippen molar-refractivity contribution in [2.24, 2.45) is 0 Å². The van der Waals surface area contributed by atoms with Crippen LogP contribution < -0.4 is 5.32 Å². The highest BCUT2D eigenvalue weighted by Gasteiger charge is 2.11. The van der Waals surface area contributed by atoms with E-state index >= 15 is 0 Å². The highest BCUT2D eigenvalue weighted by atomic mass is 35.5. The van der Waals surface area contributed by atoms with Crippen LogP contribution >= 0.6 is 22.9 Å². The number of nitrogens with zero attached hydrogens (tertiary/aromatic N) is 1. The molecule has 0 saturated heterocycles. The van der Waals surface area contributed by atoms with Crippen molar-refractivity contribution in [3.05, 3.63) is 46.5 Å². The summed E-state index contributed by atoms with van der Waals surface area (Å²) in [5.41, 5.74) is 2.35. The number of rotatable bonds is 6. The first-order valence-electron chi connectivity index (χ1n) is 6.66. The van der Waals surface area contributed by atoms with Crippen LogP contribution in [0, 0.1) is 0 Å². The highest BCUT2D eigenvalue weighted by molar-refractivity contribution is 7.15. The lowest BCUT2D eigenvalue weighted by Crippen LogP contribution is -2.07. The van der Waals surface area contributed by atoms with E-state index in [-0.39, 0.29) is 5.38 Å². The minimum atomic E-state index is -0.0275. The Labute approximate surface area is 123 Å². The van der Waals surface area contributed by atoms with Crippen molar-refractivity contribution in [1.29, 1.82) is 0 Å². The molecule has 0 aliphatic rings. The molecular weight excluding hydrogens is 276 g/mol. The quantitative estimate of drug-likeness (QED) is 0.784. The topological polar surface area (TPSA) is 24.9 Å². The lowest BCUT2D eigenvalue weighted by Gasteiger charge is -2.10. The Balaban J connectivity index is 1.97. The molecule has 1 atom stereocenters. The molecule has 0 aliphatic heterocycles. The zero-order chi connectivity index (χ0) is 13.7. The number of anilines is 1. The van der Waals surface area contributed by atoms with Gasteiger partial charge < -0.3 is 5.32 Å². The smallest absolute Gasteiger partial charge is 0.183 e. The first-order valence-corrected chi connectivity index (χ1v) is 7.91. The Morgan fingerprint density at radius 2 is 1.95 bits per heavy atom. The maximum absolute atomic E-state index is 6.38. The highest BCUT2D eigenvalue weighted by Crippen LogP contribution is 2.26. The molecule has 102 valence electrons. The van der Waals surface area contributed by atoms with Crippen LogP contribution in [0.1, 0.15) is 35.4 Å². The molecule has 1 unspecified atom stereocenters. The Hall–Kier alpha value is -1.06. The molecule has 0 saturated carbocycles. The molecule has 2 aromatic rings. The van der Waals surface area contributed by atoms with Crippen LogP contribution in [-0.2, 0) is 12.8 Å². The number of hydrogen-bond donors (Lipinski definition) is 1. The van der Waals surface area contributed by atoms with Crippen molar-refractivity contribution >= 4 is 28.1 Å². The van der Waals surface area contributed by atoms with Gasteiger partial charge >= 0.3 is 0 Å². The Bertz CT molecular complexity index is 489. The van der Waals surface area contributed by atoms with Gasteiger partial charge in [0.05, 0.1) is 11.1 Å². The van der Waals surface area contributed by atoms with E-state index in [1.165, 1.54) is 10.6 Å². The first-order chi connectivity index (χ1) is 9.24. The summed E-state index contributed by atoms with van der Waals surface area (Å²) in [6.07, 6.45) is 2.04. The third-order valence-electron chi connectivity index (χ3n) is 3.03. The minimum absolute atomic E-state index is 0.0275. The largest absolute Gasteiger partial charge is 0.360 e. The van der Waals surface area contributed by atoms with Gasteiger partial charge in [0.15, 0.2) is 5.13 Å². The molecule has 2 rings (SSSR count). The Morgan fingerprint density at radius 1 is 1.21 bits per heavy atom. The van der Waals surface area contributed by atoms with E-state index in [1.54, 1.807) is 11.3 Å². The van der Waals surface area contributed by atoms with E-state index in [1.807, 2.05) is 18.2 Å². The fourth-order valence-electron chi connectivity index (χ4n) is 1.97. The Kier molecular flexibility index (Phi) is 5.23. The van der Waals surface area contributed by atoms with Crippen LogP contribution in [0.4, 0.5) is 5.13 Å². The lowest BCUT2D eigenvalue weighted by atomic mass is 10.1. The van der Waals surface area contributed by atoms with Gasteiger partial charge in [-0.3, -0.25) is 0 Å². The van der Waals surface area contributed by atoms with Gasteiger partial charge in [0.1, 0.15) is 0 Å². The van der Waals surface area contributed by atoms with E-state index in [0.29, 0.717) is 6.54 Å². The van der Waals surface area contributed by atoms with Crippen molar-refractivity contribution in [2.75, 3.05) is 11.9 Å². The van der Waals surface area contributed by atoms with Gasteiger partial charge in [-0.15, -0.1) is 22.9 Å². The second-order valence-corrected chi connectivity index (χ2v) is 5.97. The molecular formula is C15H19ClN2S. The van der Waals surface area contributed by atoms with Gasteiger partial charge in [-0.05, 0) is 18.4 Å². The summed E-state index contributed by atoms with van der Waals surface area (Å²) >= 11 is 8.13. The molecule has 0 radical (unpaired) electrons. The van der Waals surface area contributed by atoms with E-state index in [2.05, 4.69) is 36.3 Å². The van der Waals surface area contributed by atoms with Gasteiger partial charge in [0.2, 0.25) is 0 Å². The molecule has 0 bridgehead atoms. The average molecular weight is 295 g/mol. The summed E-state index contributed by atoms with van der Waals surface area (Å²) in [4.78, 5) is 5.99. The van der Waals surface area contributed by atoms with Crippen LogP contribution in [0.25, 0.3) is 0 Å². The Morgan fingerprint density at radius 3 is 2.53 bits per heavy atom. The van der Waals surface area contributed by atoms with Gasteiger partial charge in [-0.1, -0.05) is 44.2 Å². The summed E-state index contributed by atoms with van der Waals surface area (Å²) in [6.45, 7) is 5.02. The van der Waals surface area contributed by atoms with Gasteiger partial charge in [0, 0.05) is 11.4 Å². The van der Waals surface area contributed by atoms with E-state index in [9.17, 15) is 0 Å². The molecule has 0 fully saturated rings. The number of aryl methyl sites for hydroxylation is 2. The zero-order valence-electron chi connectivity index (χ0n) is 11.3. The van der Waals surface area contributed by atoms with Gasteiger partial charge in [0.25, 0.3) is 0 Å².